The van der Waals surface area contributed by atoms with E-state index in [4.69, 9.17) is 5.73 Å². The maximum absolute atomic E-state index is 13.2. The number of para-hydroxylation sites is 1. The summed E-state index contributed by atoms with van der Waals surface area (Å²) in [5.41, 5.74) is 7.83. The second-order valence-electron chi connectivity index (χ2n) is 7.25. The molecule has 1 amide bonds. The molecule has 0 bridgehead atoms. The van der Waals surface area contributed by atoms with Crippen LogP contribution in [0.25, 0.3) is 5.82 Å². The van der Waals surface area contributed by atoms with E-state index in [-0.39, 0.29) is 35.1 Å². The fourth-order valence-corrected chi connectivity index (χ4v) is 3.21. The number of amides is 1. The largest absolute Gasteiger partial charge is 0.417 e. The molecule has 4 aromatic rings. The van der Waals surface area contributed by atoms with E-state index in [2.05, 4.69) is 35.8 Å². The smallest absolute Gasteiger partial charge is 0.378 e. The summed E-state index contributed by atoms with van der Waals surface area (Å²) in [4.78, 5) is 14.7. The molecule has 3 N–H and O–H groups in total. The quantitative estimate of drug-likeness (QED) is 0.301. The highest BCUT2D eigenvalue weighted by atomic mass is 19.4. The molecular weight excluding hydrogens is 467 g/mol. The van der Waals surface area contributed by atoms with Crippen LogP contribution in [0.15, 0.2) is 64.3 Å². The summed E-state index contributed by atoms with van der Waals surface area (Å²) in [5, 5.41) is 18.7. The van der Waals surface area contributed by atoms with Crippen LogP contribution < -0.4 is 16.1 Å². The molecule has 0 unspecified atom stereocenters. The molecule has 180 valence electrons. The maximum atomic E-state index is 13.2. The molecule has 0 aliphatic carbocycles. The van der Waals surface area contributed by atoms with Crippen LogP contribution in [0.4, 0.5) is 24.7 Å². The number of alkyl halides is 3. The van der Waals surface area contributed by atoms with Crippen molar-refractivity contribution in [2.45, 2.75) is 12.7 Å². The number of hydrogen-bond acceptors (Lipinski definition) is 9. The maximum Gasteiger partial charge on any atom is 0.417 e. The topological polar surface area (TPSA) is 140 Å². The number of nitrogens with zero attached hydrogens (tertiary/aromatic N) is 7. The molecule has 11 nitrogen and oxygen atoms in total. The molecule has 0 aliphatic rings. The molecule has 0 spiro atoms. The Morgan fingerprint density at radius 1 is 1.17 bits per heavy atom. The van der Waals surface area contributed by atoms with Crippen molar-refractivity contribution in [3.05, 3.63) is 77.1 Å². The molecule has 2 aromatic carbocycles. The predicted octanol–water partition coefficient (Wildman–Crippen LogP) is 2.65. The highest BCUT2D eigenvalue weighted by Gasteiger charge is 2.32. The lowest BCUT2D eigenvalue weighted by molar-refractivity contribution is -0.137. The highest BCUT2D eigenvalue weighted by Crippen LogP contribution is 2.31. The van der Waals surface area contributed by atoms with Crippen LogP contribution >= 0.6 is 0 Å². The van der Waals surface area contributed by atoms with Crippen molar-refractivity contribution in [2.24, 2.45) is 5.10 Å². The van der Waals surface area contributed by atoms with E-state index in [0.29, 0.717) is 0 Å². The Morgan fingerprint density at radius 3 is 2.57 bits per heavy atom. The van der Waals surface area contributed by atoms with Crippen LogP contribution in [-0.4, -0.2) is 44.5 Å². The first kappa shape index (κ1) is 23.4. The van der Waals surface area contributed by atoms with Gasteiger partial charge in [-0.1, -0.05) is 41.6 Å². The molecule has 0 atom stereocenters. The van der Waals surface area contributed by atoms with Crippen LogP contribution in [0, 0.1) is 0 Å². The third-order valence-corrected chi connectivity index (χ3v) is 4.89. The Hall–Kier alpha value is -4.75. The number of anilines is 2. The van der Waals surface area contributed by atoms with E-state index in [9.17, 15) is 18.0 Å². The number of nitrogen functional groups attached to an aromatic ring is 1. The fourth-order valence-electron chi connectivity index (χ4n) is 3.21. The molecule has 0 aliphatic heterocycles. The number of nitrogens with one attached hydrogen (secondary N) is 1. The van der Waals surface area contributed by atoms with Crippen LogP contribution in [0.2, 0.25) is 0 Å². The summed E-state index contributed by atoms with van der Waals surface area (Å²) in [7, 11) is 1.78. The Kier molecular flexibility index (Phi) is 6.44. The summed E-state index contributed by atoms with van der Waals surface area (Å²) in [6, 6.07) is 14.1. The summed E-state index contributed by atoms with van der Waals surface area (Å²) in [6.45, 7) is 0.132. The van der Waals surface area contributed by atoms with Crippen molar-refractivity contribution in [3.63, 3.8) is 0 Å². The number of benzene rings is 2. The third-order valence-electron chi connectivity index (χ3n) is 4.89. The van der Waals surface area contributed by atoms with E-state index in [0.717, 1.165) is 18.0 Å². The predicted molar refractivity (Wildman–Crippen MR) is 119 cm³/mol. The Bertz CT molecular complexity index is 1350. The highest BCUT2D eigenvalue weighted by molar-refractivity contribution is 5.94. The van der Waals surface area contributed by atoms with Gasteiger partial charge in [0.1, 0.15) is 0 Å². The standard InChI is InChI=1S/C21H18F3N9O2/c1-32(14-8-3-2-4-9-14)12-16-17(27-31-33(16)19-18(25)29-35-30-19)20(34)28-26-11-13-7-5-6-10-15(13)21(22,23)24/h2-11H,12H2,1H3,(H2,25,29)(H,28,34)/b26-11-. The summed E-state index contributed by atoms with van der Waals surface area (Å²) >= 11 is 0. The van der Waals surface area contributed by atoms with E-state index in [1.54, 1.807) is 7.05 Å². The minimum atomic E-state index is -4.57. The van der Waals surface area contributed by atoms with Crippen molar-refractivity contribution < 1.29 is 22.6 Å². The fraction of sp³-hybridized carbons (Fsp3) is 0.143. The van der Waals surface area contributed by atoms with Crippen LogP contribution in [0.5, 0.6) is 0 Å². The van der Waals surface area contributed by atoms with Gasteiger partial charge in [-0.2, -0.15) is 23.0 Å². The minimum Gasteiger partial charge on any atom is -0.378 e. The van der Waals surface area contributed by atoms with Crippen molar-refractivity contribution in [2.75, 3.05) is 17.7 Å². The van der Waals surface area contributed by atoms with Gasteiger partial charge in [-0.05, 0) is 28.5 Å². The van der Waals surface area contributed by atoms with E-state index in [1.165, 1.54) is 22.9 Å². The monoisotopic (exact) mass is 485 g/mol. The molecule has 0 saturated carbocycles. The number of halogens is 3. The van der Waals surface area contributed by atoms with Gasteiger partial charge in [0.15, 0.2) is 5.69 Å². The van der Waals surface area contributed by atoms with E-state index in [1.807, 2.05) is 35.2 Å². The Labute approximate surface area is 196 Å². The Balaban J connectivity index is 1.62. The average molecular weight is 485 g/mol. The first-order valence-electron chi connectivity index (χ1n) is 10.0. The zero-order chi connectivity index (χ0) is 25.0. The molecule has 2 aromatic heterocycles. The third kappa shape index (κ3) is 5.10. The number of carbonyl (C=O) groups is 1. The SMILES string of the molecule is CN(Cc1c(C(=O)N/N=C\c2ccccc2C(F)(F)F)nnn1-c1nonc1N)c1ccccc1. The van der Waals surface area contributed by atoms with E-state index >= 15 is 0 Å². The number of rotatable bonds is 7. The molecule has 2 heterocycles. The van der Waals surface area contributed by atoms with Gasteiger partial charge in [0.05, 0.1) is 24.0 Å². The molecular formula is C21H18F3N9O2. The molecule has 0 saturated heterocycles. The molecule has 4 rings (SSSR count). The number of nitrogens with two attached hydrogens (primary N) is 1. The van der Waals surface area contributed by atoms with Crippen molar-refractivity contribution >= 4 is 23.6 Å². The van der Waals surface area contributed by atoms with Gasteiger partial charge in [0, 0.05) is 18.3 Å². The summed E-state index contributed by atoms with van der Waals surface area (Å²) < 4.78 is 45.4. The Morgan fingerprint density at radius 2 is 1.89 bits per heavy atom. The summed E-state index contributed by atoms with van der Waals surface area (Å²) in [6.07, 6.45) is -3.67. The molecule has 14 heteroatoms. The minimum absolute atomic E-state index is 0.0237. The average Bonchev–Trinajstić information content (AvgIpc) is 3.44. The van der Waals surface area contributed by atoms with Gasteiger partial charge in [0.2, 0.25) is 11.6 Å². The number of carbonyl (C=O) groups excluding carboxylic acids is 1. The lowest BCUT2D eigenvalue weighted by atomic mass is 10.1. The van der Waals surface area contributed by atoms with Crippen molar-refractivity contribution in [1.29, 1.82) is 0 Å². The summed E-state index contributed by atoms with van der Waals surface area (Å²) in [5.74, 6) is -0.855. The van der Waals surface area contributed by atoms with Gasteiger partial charge in [0.25, 0.3) is 5.91 Å². The van der Waals surface area contributed by atoms with Gasteiger partial charge in [-0.15, -0.1) is 5.10 Å². The van der Waals surface area contributed by atoms with Gasteiger partial charge in [-0.25, -0.2) is 10.1 Å². The zero-order valence-corrected chi connectivity index (χ0v) is 18.1. The molecule has 35 heavy (non-hydrogen) atoms. The number of hydrogen-bond donors (Lipinski definition) is 2. The van der Waals surface area contributed by atoms with Crippen LogP contribution in [-0.2, 0) is 12.7 Å². The second-order valence-corrected chi connectivity index (χ2v) is 7.25. The van der Waals surface area contributed by atoms with Crippen LogP contribution in [0.1, 0.15) is 27.3 Å². The van der Waals surface area contributed by atoms with Gasteiger partial charge >= 0.3 is 6.18 Å². The number of aromatic nitrogens is 5. The van der Waals surface area contributed by atoms with Crippen molar-refractivity contribution in [1.82, 2.24) is 30.7 Å². The molecule has 0 radical (unpaired) electrons. The van der Waals surface area contributed by atoms with E-state index < -0.39 is 17.6 Å². The first-order valence-corrected chi connectivity index (χ1v) is 10.0. The van der Waals surface area contributed by atoms with Crippen LogP contribution in [0.3, 0.4) is 0 Å². The van der Waals surface area contributed by atoms with Crippen molar-refractivity contribution in [3.8, 4) is 5.82 Å². The first-order chi connectivity index (χ1) is 16.8. The normalized spacial score (nSPS) is 11.7. The van der Waals surface area contributed by atoms with Gasteiger partial charge in [-0.3, -0.25) is 4.79 Å². The number of hydrazone groups is 1. The molecule has 0 fully saturated rings. The van der Waals surface area contributed by atoms with Gasteiger partial charge < -0.3 is 10.6 Å². The lowest BCUT2D eigenvalue weighted by Crippen LogP contribution is -2.25. The second kappa shape index (κ2) is 9.62. The zero-order valence-electron chi connectivity index (χ0n) is 18.1. The lowest BCUT2D eigenvalue weighted by Gasteiger charge is -2.19.